The largest absolute Gasteiger partial charge is 0.380 e. The van der Waals surface area contributed by atoms with Crippen molar-refractivity contribution in [3.63, 3.8) is 0 Å². The monoisotopic (exact) mass is 492 g/mol. The molecule has 10 heteroatoms. The molecule has 0 aliphatic heterocycles. The molecule has 5 rings (SSSR count). The van der Waals surface area contributed by atoms with Crippen molar-refractivity contribution in [1.29, 1.82) is 0 Å². The smallest absolute Gasteiger partial charge is 0.217 e. The Hall–Kier alpha value is -3.40. The number of nitrogens with one attached hydrogen (secondary N) is 3. The van der Waals surface area contributed by atoms with Crippen LogP contribution < -0.4 is 16.0 Å². The van der Waals surface area contributed by atoms with Crippen LogP contribution in [0.1, 0.15) is 50.8 Å². The molecule has 4 aromatic rings. The van der Waals surface area contributed by atoms with Gasteiger partial charge in [-0.25, -0.2) is 4.98 Å². The summed E-state index contributed by atoms with van der Waals surface area (Å²) in [5.41, 5.74) is 6.24. The van der Waals surface area contributed by atoms with Crippen LogP contribution in [-0.4, -0.2) is 41.7 Å². The number of carbonyl (C=O) groups excluding carboxylic acids is 1. The highest BCUT2D eigenvalue weighted by atomic mass is 32.1. The Morgan fingerprint density at radius 2 is 2.00 bits per heavy atom. The average Bonchev–Trinajstić information content (AvgIpc) is 3.54. The van der Waals surface area contributed by atoms with Crippen molar-refractivity contribution in [2.24, 2.45) is 7.05 Å². The van der Waals surface area contributed by atoms with Crippen molar-refractivity contribution in [2.75, 3.05) is 10.6 Å². The number of rotatable bonds is 7. The zero-order valence-electron chi connectivity index (χ0n) is 20.6. The van der Waals surface area contributed by atoms with E-state index in [4.69, 9.17) is 4.98 Å². The Bertz CT molecular complexity index is 1340. The van der Waals surface area contributed by atoms with E-state index >= 15 is 0 Å². The molecule has 4 aromatic heterocycles. The molecule has 1 amide bonds. The Morgan fingerprint density at radius 3 is 2.63 bits per heavy atom. The van der Waals surface area contributed by atoms with Gasteiger partial charge in [-0.3, -0.25) is 9.48 Å². The molecule has 0 atom stereocenters. The summed E-state index contributed by atoms with van der Waals surface area (Å²) in [5.74, 6) is 0.913. The number of pyridine rings is 1. The molecule has 1 fully saturated rings. The van der Waals surface area contributed by atoms with Gasteiger partial charge in [0.15, 0.2) is 0 Å². The predicted molar refractivity (Wildman–Crippen MR) is 141 cm³/mol. The number of fused-ring (bicyclic) bond motifs is 1. The minimum Gasteiger partial charge on any atom is -0.380 e. The molecule has 3 N–H and O–H groups in total. The van der Waals surface area contributed by atoms with Gasteiger partial charge in [0.1, 0.15) is 10.8 Å². The third kappa shape index (κ3) is 4.88. The minimum absolute atomic E-state index is 0.0499. The number of aromatic nitrogens is 5. The van der Waals surface area contributed by atoms with Crippen molar-refractivity contribution >= 4 is 45.0 Å². The number of hydrogen-bond acceptors (Lipinski definition) is 7. The highest BCUT2D eigenvalue weighted by Gasteiger charge is 2.25. The van der Waals surface area contributed by atoms with Crippen LogP contribution >= 0.6 is 11.5 Å². The summed E-state index contributed by atoms with van der Waals surface area (Å²) >= 11 is 1.45. The first-order chi connectivity index (χ1) is 16.9. The lowest BCUT2D eigenvalue weighted by Crippen LogP contribution is -2.39. The molecule has 35 heavy (non-hydrogen) atoms. The molecule has 1 aliphatic carbocycles. The molecular weight excluding hydrogens is 460 g/mol. The number of aryl methyl sites for hydroxylation is 2. The van der Waals surface area contributed by atoms with Gasteiger partial charge in [-0.2, -0.15) is 9.47 Å². The normalized spacial score (nSPS) is 18.1. The van der Waals surface area contributed by atoms with E-state index < -0.39 is 0 Å². The fourth-order valence-corrected chi connectivity index (χ4v) is 5.63. The van der Waals surface area contributed by atoms with Gasteiger partial charge in [-0.05, 0) is 62.7 Å². The molecule has 0 aromatic carbocycles. The minimum atomic E-state index is 0.0499. The van der Waals surface area contributed by atoms with E-state index in [2.05, 4.69) is 49.2 Å². The predicted octanol–water partition coefficient (Wildman–Crippen LogP) is 4.69. The van der Waals surface area contributed by atoms with Gasteiger partial charge in [-0.15, -0.1) is 0 Å². The van der Waals surface area contributed by atoms with Gasteiger partial charge < -0.3 is 20.5 Å². The Balaban J connectivity index is 1.55. The maximum absolute atomic E-state index is 11.5. The second-order valence-electron chi connectivity index (χ2n) is 9.31. The quantitative estimate of drug-likeness (QED) is 0.346. The summed E-state index contributed by atoms with van der Waals surface area (Å²) in [6.45, 7) is 5.76. The fourth-order valence-electron chi connectivity index (χ4n) is 4.97. The van der Waals surface area contributed by atoms with Gasteiger partial charge in [0.2, 0.25) is 5.91 Å². The molecule has 4 heterocycles. The van der Waals surface area contributed by atoms with E-state index in [9.17, 15) is 4.79 Å². The molecule has 184 valence electrons. The first-order valence-electron chi connectivity index (χ1n) is 12.2. The van der Waals surface area contributed by atoms with Crippen LogP contribution in [-0.2, 0) is 18.3 Å². The second-order valence-corrected chi connectivity index (χ2v) is 10.1. The van der Waals surface area contributed by atoms with Crippen LogP contribution in [0.2, 0.25) is 0 Å². The van der Waals surface area contributed by atoms with Crippen molar-refractivity contribution < 1.29 is 4.79 Å². The maximum atomic E-state index is 11.5. The summed E-state index contributed by atoms with van der Waals surface area (Å²) in [6.07, 6.45) is 10.7. The Labute approximate surface area is 209 Å². The Morgan fingerprint density at radius 1 is 1.23 bits per heavy atom. The van der Waals surface area contributed by atoms with E-state index in [1.54, 1.807) is 6.92 Å². The van der Waals surface area contributed by atoms with E-state index in [0.29, 0.717) is 6.04 Å². The van der Waals surface area contributed by atoms with Gasteiger partial charge in [0.25, 0.3) is 0 Å². The van der Waals surface area contributed by atoms with Gasteiger partial charge in [-0.1, -0.05) is 6.92 Å². The zero-order chi connectivity index (χ0) is 24.5. The van der Waals surface area contributed by atoms with Crippen molar-refractivity contribution in [2.45, 2.75) is 65.0 Å². The fraction of sp³-hybridized carbons (Fsp3) is 0.440. The number of carbonyl (C=O) groups is 1. The van der Waals surface area contributed by atoms with Gasteiger partial charge >= 0.3 is 0 Å². The summed E-state index contributed by atoms with van der Waals surface area (Å²) in [6, 6.07) is 4.70. The van der Waals surface area contributed by atoms with Crippen LogP contribution in [0.5, 0.6) is 0 Å². The SMILES string of the molecule is CCc1c(Nc2cc(C)ns2)nc2ccn(-c3cnn(C)c3)c2c1NC1CCC(NC(C)=O)CC1. The lowest BCUT2D eigenvalue weighted by atomic mass is 9.90. The molecule has 9 nitrogen and oxygen atoms in total. The van der Waals surface area contributed by atoms with Gasteiger partial charge in [0.05, 0.1) is 34.3 Å². The number of amides is 1. The lowest BCUT2D eigenvalue weighted by molar-refractivity contribution is -0.119. The highest BCUT2D eigenvalue weighted by Crippen LogP contribution is 2.37. The summed E-state index contributed by atoms with van der Waals surface area (Å²) < 4.78 is 8.39. The molecule has 0 spiro atoms. The van der Waals surface area contributed by atoms with E-state index in [1.807, 2.05) is 37.1 Å². The topological polar surface area (TPSA) is 102 Å². The van der Waals surface area contributed by atoms with E-state index in [0.717, 1.165) is 76.6 Å². The van der Waals surface area contributed by atoms with Crippen molar-refractivity contribution in [3.05, 3.63) is 42.0 Å². The molecule has 0 saturated heterocycles. The second kappa shape index (κ2) is 9.69. The molecule has 1 aliphatic rings. The maximum Gasteiger partial charge on any atom is 0.217 e. The third-order valence-electron chi connectivity index (χ3n) is 6.60. The molecule has 0 unspecified atom stereocenters. The summed E-state index contributed by atoms with van der Waals surface area (Å²) in [4.78, 5) is 16.5. The molecule has 1 saturated carbocycles. The number of anilines is 3. The number of nitrogens with zero attached hydrogens (tertiary/aromatic N) is 5. The van der Waals surface area contributed by atoms with Crippen LogP contribution in [0.15, 0.2) is 30.7 Å². The van der Waals surface area contributed by atoms with Crippen molar-refractivity contribution in [3.8, 4) is 5.69 Å². The number of hydrogen-bond donors (Lipinski definition) is 3. The third-order valence-corrected chi connectivity index (χ3v) is 7.39. The Kier molecular flexibility index (Phi) is 6.46. The average molecular weight is 493 g/mol. The first kappa shape index (κ1) is 23.3. The van der Waals surface area contributed by atoms with Gasteiger partial charge in [0, 0.05) is 44.0 Å². The van der Waals surface area contributed by atoms with Crippen molar-refractivity contribution in [1.82, 2.24) is 29.0 Å². The van der Waals surface area contributed by atoms with E-state index in [-0.39, 0.29) is 11.9 Å². The molecule has 0 radical (unpaired) electrons. The highest BCUT2D eigenvalue weighted by molar-refractivity contribution is 7.10. The van der Waals surface area contributed by atoms with Crippen LogP contribution in [0, 0.1) is 6.92 Å². The van der Waals surface area contributed by atoms with Crippen LogP contribution in [0.3, 0.4) is 0 Å². The first-order valence-corrected chi connectivity index (χ1v) is 13.0. The zero-order valence-corrected chi connectivity index (χ0v) is 21.4. The van der Waals surface area contributed by atoms with Crippen LogP contribution in [0.4, 0.5) is 16.5 Å². The van der Waals surface area contributed by atoms with Crippen LogP contribution in [0.25, 0.3) is 16.7 Å². The summed E-state index contributed by atoms with van der Waals surface area (Å²) in [5, 5.41) is 15.9. The molecular formula is C25H32N8OS. The van der Waals surface area contributed by atoms with E-state index in [1.165, 1.54) is 11.5 Å². The summed E-state index contributed by atoms with van der Waals surface area (Å²) in [7, 11) is 1.93. The standard InChI is InChI=1S/C25H32N8OS/c1-5-20-23(28-18-8-6-17(7-9-18)27-16(3)34)24-21(10-11-33(24)19-13-26-32(4)14-19)29-25(20)30-22-12-15(2)31-35-22/h10-14,17-18H,5-9H2,1-4H3,(H,27,34)(H2,28,29,30). The lowest BCUT2D eigenvalue weighted by Gasteiger charge is -2.31. The molecule has 0 bridgehead atoms.